The van der Waals surface area contributed by atoms with Crippen molar-refractivity contribution in [3.05, 3.63) is 22.4 Å². The minimum Gasteiger partial charge on any atom is -0.467 e. The van der Waals surface area contributed by atoms with Crippen molar-refractivity contribution in [3.8, 4) is 0 Å². The summed E-state index contributed by atoms with van der Waals surface area (Å²) in [5.74, 6) is 1.76. The fourth-order valence-corrected chi connectivity index (χ4v) is 6.35. The van der Waals surface area contributed by atoms with Crippen molar-refractivity contribution >= 4 is 23.2 Å². The molecule has 4 nitrogen and oxygen atoms in total. The third-order valence-corrected chi connectivity index (χ3v) is 7.02. The summed E-state index contributed by atoms with van der Waals surface area (Å²) in [6, 6.07) is 3.15. The van der Waals surface area contributed by atoms with E-state index in [1.807, 2.05) is 11.4 Å². The molecule has 0 saturated heterocycles. The van der Waals surface area contributed by atoms with Gasteiger partial charge in [-0.3, -0.25) is 4.79 Å². The van der Waals surface area contributed by atoms with Crippen molar-refractivity contribution < 1.29 is 14.3 Å². The van der Waals surface area contributed by atoms with Gasteiger partial charge < -0.3 is 10.1 Å². The van der Waals surface area contributed by atoms with E-state index in [0.29, 0.717) is 4.88 Å². The van der Waals surface area contributed by atoms with Gasteiger partial charge in [0.05, 0.1) is 12.0 Å². The molecular formula is C18H23NO3S. The van der Waals surface area contributed by atoms with Gasteiger partial charge in [0, 0.05) is 5.41 Å². The highest BCUT2D eigenvalue weighted by molar-refractivity contribution is 7.12. The highest BCUT2D eigenvalue weighted by Crippen LogP contribution is 2.61. The van der Waals surface area contributed by atoms with Crippen LogP contribution in [0.4, 0.5) is 0 Å². The van der Waals surface area contributed by atoms with E-state index in [4.69, 9.17) is 4.74 Å². The van der Waals surface area contributed by atoms with Crippen LogP contribution in [0.3, 0.4) is 0 Å². The molecule has 5 heteroatoms. The largest absolute Gasteiger partial charge is 0.467 e. The lowest BCUT2D eigenvalue weighted by Crippen LogP contribution is -2.60. The molecule has 0 spiro atoms. The van der Waals surface area contributed by atoms with E-state index < -0.39 is 6.04 Å². The number of methoxy groups -OCH3 is 1. The molecule has 0 unspecified atom stereocenters. The van der Waals surface area contributed by atoms with Crippen molar-refractivity contribution in [3.63, 3.8) is 0 Å². The van der Waals surface area contributed by atoms with E-state index in [1.54, 1.807) is 6.07 Å². The molecule has 1 heterocycles. The molecule has 1 aromatic heterocycles. The monoisotopic (exact) mass is 333 g/mol. The predicted octanol–water partition coefficient (Wildman–Crippen LogP) is 3.24. The number of ether oxygens (including phenoxy) is 1. The van der Waals surface area contributed by atoms with Crippen LogP contribution in [0.5, 0.6) is 0 Å². The van der Waals surface area contributed by atoms with Crippen LogP contribution in [-0.2, 0) is 9.53 Å². The first-order valence-corrected chi connectivity index (χ1v) is 9.40. The maximum absolute atomic E-state index is 12.5. The van der Waals surface area contributed by atoms with Gasteiger partial charge >= 0.3 is 5.97 Å². The second-order valence-electron chi connectivity index (χ2n) is 7.69. The summed E-state index contributed by atoms with van der Waals surface area (Å²) in [5.41, 5.74) is -0.0885. The normalized spacial score (nSPS) is 35.8. The second kappa shape index (κ2) is 5.62. The molecule has 0 aromatic carbocycles. The molecule has 0 radical (unpaired) electrons. The number of thiophene rings is 1. The summed E-state index contributed by atoms with van der Waals surface area (Å²) in [6.45, 7) is 0. The molecule has 4 saturated carbocycles. The van der Waals surface area contributed by atoms with Crippen LogP contribution in [-0.4, -0.2) is 25.0 Å². The Morgan fingerprint density at radius 3 is 2.30 bits per heavy atom. The summed E-state index contributed by atoms with van der Waals surface area (Å²) in [4.78, 5) is 25.7. The van der Waals surface area contributed by atoms with Crippen molar-refractivity contribution in [1.29, 1.82) is 0 Å². The maximum Gasteiger partial charge on any atom is 0.328 e. The number of carbonyl (C=O) groups excluding carboxylic acids is 2. The van der Waals surface area contributed by atoms with Crippen LogP contribution >= 0.6 is 11.3 Å². The molecule has 23 heavy (non-hydrogen) atoms. The molecule has 1 aromatic rings. The van der Waals surface area contributed by atoms with Gasteiger partial charge in [0.1, 0.15) is 6.04 Å². The van der Waals surface area contributed by atoms with Crippen molar-refractivity contribution in [1.82, 2.24) is 5.32 Å². The van der Waals surface area contributed by atoms with Crippen LogP contribution < -0.4 is 5.32 Å². The lowest BCUT2D eigenvalue weighted by atomic mass is 9.47. The van der Waals surface area contributed by atoms with E-state index in [2.05, 4.69) is 5.32 Å². The average Bonchev–Trinajstić information content (AvgIpc) is 3.04. The van der Waals surface area contributed by atoms with E-state index in [0.717, 1.165) is 37.0 Å². The average molecular weight is 333 g/mol. The van der Waals surface area contributed by atoms with Gasteiger partial charge in [0.25, 0.3) is 5.91 Å². The number of carbonyl (C=O) groups is 2. The zero-order chi connectivity index (χ0) is 16.0. The minimum atomic E-state index is -0.504. The maximum atomic E-state index is 12.5. The standard InChI is InChI=1S/C18H23NO3S/c1-22-17(21)15(19-16(20)14-3-2-4-23-14)18-8-11-5-12(9-18)7-13(6-11)10-18/h2-4,11-13,15H,5-10H2,1H3,(H,19,20)/t11?,12?,13?,15-,18?/m0/s1. The molecule has 0 aliphatic heterocycles. The lowest BCUT2D eigenvalue weighted by molar-refractivity contribution is -0.154. The van der Waals surface area contributed by atoms with Crippen LogP contribution in [0.2, 0.25) is 0 Å². The highest BCUT2D eigenvalue weighted by Gasteiger charge is 2.56. The highest BCUT2D eigenvalue weighted by atomic mass is 32.1. The lowest BCUT2D eigenvalue weighted by Gasteiger charge is -2.58. The second-order valence-corrected chi connectivity index (χ2v) is 8.63. The van der Waals surface area contributed by atoms with Crippen LogP contribution in [0, 0.1) is 23.2 Å². The summed E-state index contributed by atoms with van der Waals surface area (Å²) >= 11 is 1.41. The van der Waals surface area contributed by atoms with Gasteiger partial charge in [-0.1, -0.05) is 6.07 Å². The Morgan fingerprint density at radius 2 is 1.83 bits per heavy atom. The first kappa shape index (κ1) is 15.2. The van der Waals surface area contributed by atoms with Gasteiger partial charge in [0.2, 0.25) is 0 Å². The molecule has 4 bridgehead atoms. The van der Waals surface area contributed by atoms with Gasteiger partial charge in [-0.2, -0.15) is 0 Å². The molecule has 5 rings (SSSR count). The Bertz CT molecular complexity index is 575. The third kappa shape index (κ3) is 2.59. The summed E-state index contributed by atoms with van der Waals surface area (Å²) in [7, 11) is 1.42. The molecule has 1 N–H and O–H groups in total. The Balaban J connectivity index is 1.61. The molecule has 124 valence electrons. The molecular weight excluding hydrogens is 310 g/mol. The number of esters is 1. The zero-order valence-corrected chi connectivity index (χ0v) is 14.2. The number of hydrogen-bond acceptors (Lipinski definition) is 4. The van der Waals surface area contributed by atoms with Crippen molar-refractivity contribution in [2.24, 2.45) is 23.2 Å². The summed E-state index contributed by atoms with van der Waals surface area (Å²) < 4.78 is 5.07. The number of nitrogens with one attached hydrogen (secondary N) is 1. The van der Waals surface area contributed by atoms with E-state index >= 15 is 0 Å². The third-order valence-electron chi connectivity index (χ3n) is 6.16. The fourth-order valence-electron chi connectivity index (χ4n) is 5.72. The Kier molecular flexibility index (Phi) is 3.71. The number of amides is 1. The quantitative estimate of drug-likeness (QED) is 0.861. The number of hydrogen-bond donors (Lipinski definition) is 1. The molecule has 4 aliphatic rings. The van der Waals surface area contributed by atoms with Crippen LogP contribution in [0.25, 0.3) is 0 Å². The predicted molar refractivity (Wildman–Crippen MR) is 88.2 cm³/mol. The smallest absolute Gasteiger partial charge is 0.328 e. The van der Waals surface area contributed by atoms with Gasteiger partial charge in [-0.05, 0) is 67.7 Å². The van der Waals surface area contributed by atoms with Crippen molar-refractivity contribution in [2.45, 2.75) is 44.6 Å². The Labute approximate surface area is 140 Å². The van der Waals surface area contributed by atoms with Crippen molar-refractivity contribution in [2.75, 3.05) is 7.11 Å². The minimum absolute atomic E-state index is 0.0885. The van der Waals surface area contributed by atoms with E-state index in [-0.39, 0.29) is 17.3 Å². The Morgan fingerprint density at radius 1 is 1.22 bits per heavy atom. The summed E-state index contributed by atoms with van der Waals surface area (Å²) in [5, 5.41) is 4.91. The van der Waals surface area contributed by atoms with Crippen LogP contribution in [0.15, 0.2) is 17.5 Å². The van der Waals surface area contributed by atoms with Gasteiger partial charge in [-0.25, -0.2) is 4.79 Å². The SMILES string of the molecule is COC(=O)[C@H](NC(=O)c1cccs1)C12CC3CC(CC(C3)C1)C2. The molecule has 4 aliphatic carbocycles. The zero-order valence-electron chi connectivity index (χ0n) is 13.4. The van der Waals surface area contributed by atoms with Crippen LogP contribution in [0.1, 0.15) is 48.2 Å². The molecule has 1 atom stereocenters. The molecule has 4 fully saturated rings. The first-order chi connectivity index (χ1) is 11.1. The van der Waals surface area contributed by atoms with Gasteiger partial charge in [-0.15, -0.1) is 11.3 Å². The van der Waals surface area contributed by atoms with E-state index in [9.17, 15) is 9.59 Å². The number of rotatable bonds is 4. The first-order valence-electron chi connectivity index (χ1n) is 8.52. The fraction of sp³-hybridized carbons (Fsp3) is 0.667. The van der Waals surface area contributed by atoms with Gasteiger partial charge in [0.15, 0.2) is 0 Å². The summed E-state index contributed by atoms with van der Waals surface area (Å²) in [6.07, 6.45) is 7.11. The van der Waals surface area contributed by atoms with E-state index in [1.165, 1.54) is 37.7 Å². The molecule has 1 amide bonds. The Hall–Kier alpha value is -1.36. The topological polar surface area (TPSA) is 55.4 Å².